The van der Waals surface area contributed by atoms with E-state index in [9.17, 15) is 4.79 Å². The highest BCUT2D eigenvalue weighted by atomic mass is 32.2. The van der Waals surface area contributed by atoms with Gasteiger partial charge in [0.25, 0.3) is 0 Å². The van der Waals surface area contributed by atoms with Gasteiger partial charge in [0.15, 0.2) is 12.4 Å². The summed E-state index contributed by atoms with van der Waals surface area (Å²) in [5.74, 6) is 0.0849. The molecule has 1 heterocycles. The summed E-state index contributed by atoms with van der Waals surface area (Å²) in [6, 6.07) is 7.83. The van der Waals surface area contributed by atoms with E-state index >= 15 is 0 Å². The Kier molecular flexibility index (Phi) is 4.94. The van der Waals surface area contributed by atoms with Gasteiger partial charge in [-0.2, -0.15) is 15.0 Å². The molecule has 0 aliphatic rings. The number of rotatable bonds is 5. The van der Waals surface area contributed by atoms with Crippen LogP contribution in [0, 0.1) is 6.92 Å². The maximum absolute atomic E-state index is 11.7. The van der Waals surface area contributed by atoms with E-state index in [1.807, 2.05) is 31.2 Å². The Bertz CT molecular complexity index is 630. The van der Waals surface area contributed by atoms with E-state index in [1.54, 1.807) is 0 Å². The van der Waals surface area contributed by atoms with E-state index in [0.29, 0.717) is 0 Å². The Morgan fingerprint density at radius 2 is 1.86 bits per heavy atom. The molecule has 1 aromatic heterocycles. The minimum absolute atomic E-state index is 0.00262. The molecule has 0 saturated heterocycles. The van der Waals surface area contributed by atoms with E-state index in [0.717, 1.165) is 10.5 Å². The number of thioether (sulfide) groups is 1. The summed E-state index contributed by atoms with van der Waals surface area (Å²) >= 11 is 1.42. The lowest BCUT2D eigenvalue weighted by atomic mass is 10.2. The standard InChI is InChI=1S/C13H15N5O2S/c1-8-4-2-3-5-9(8)21-7-11(19)20-6-10-16-12(14)18-13(15)17-10/h2-5H,6-7H2,1H3,(H4,14,15,16,17,18). The van der Waals surface area contributed by atoms with Gasteiger partial charge >= 0.3 is 5.97 Å². The first-order valence-corrected chi connectivity index (χ1v) is 7.13. The number of nitrogens with two attached hydrogens (primary N) is 2. The lowest BCUT2D eigenvalue weighted by Gasteiger charge is -2.06. The summed E-state index contributed by atoms with van der Waals surface area (Å²) in [6.07, 6.45) is 0. The van der Waals surface area contributed by atoms with Crippen molar-refractivity contribution < 1.29 is 9.53 Å². The first-order valence-electron chi connectivity index (χ1n) is 6.14. The summed E-state index contributed by atoms with van der Waals surface area (Å²) in [6.45, 7) is 1.91. The van der Waals surface area contributed by atoms with Gasteiger partial charge in [0, 0.05) is 4.90 Å². The van der Waals surface area contributed by atoms with Crippen LogP contribution in [0.3, 0.4) is 0 Å². The fraction of sp³-hybridized carbons (Fsp3) is 0.231. The van der Waals surface area contributed by atoms with Crippen LogP contribution in [0.2, 0.25) is 0 Å². The molecule has 0 aliphatic carbocycles. The van der Waals surface area contributed by atoms with Crippen molar-refractivity contribution in [2.24, 2.45) is 0 Å². The second-order valence-electron chi connectivity index (χ2n) is 4.18. The average Bonchev–Trinajstić information content (AvgIpc) is 2.43. The van der Waals surface area contributed by atoms with E-state index in [2.05, 4.69) is 15.0 Å². The Hall–Kier alpha value is -2.35. The maximum Gasteiger partial charge on any atom is 0.316 e. The highest BCUT2D eigenvalue weighted by Crippen LogP contribution is 2.21. The molecule has 1 aromatic carbocycles. The number of hydrogen-bond acceptors (Lipinski definition) is 8. The van der Waals surface area contributed by atoms with Gasteiger partial charge in [-0.1, -0.05) is 18.2 Å². The lowest BCUT2D eigenvalue weighted by Crippen LogP contribution is -2.12. The largest absolute Gasteiger partial charge is 0.457 e. The highest BCUT2D eigenvalue weighted by molar-refractivity contribution is 8.00. The summed E-state index contributed by atoms with van der Waals surface area (Å²) in [5.41, 5.74) is 12.0. The van der Waals surface area contributed by atoms with Crippen molar-refractivity contribution in [2.75, 3.05) is 17.2 Å². The molecule has 2 rings (SSSR count). The number of carbonyl (C=O) groups excluding carboxylic acids is 1. The Labute approximate surface area is 126 Å². The zero-order valence-corrected chi connectivity index (χ0v) is 12.3. The number of esters is 1. The van der Waals surface area contributed by atoms with Gasteiger partial charge in [-0.15, -0.1) is 11.8 Å². The summed E-state index contributed by atoms with van der Waals surface area (Å²) in [4.78, 5) is 24.0. The molecule has 0 aliphatic heterocycles. The number of nitrogens with zero attached hydrogens (tertiary/aromatic N) is 3. The molecule has 0 saturated carbocycles. The van der Waals surface area contributed by atoms with E-state index < -0.39 is 0 Å². The molecule has 0 atom stereocenters. The quantitative estimate of drug-likeness (QED) is 0.624. The van der Waals surface area contributed by atoms with Crippen LogP contribution in [0.1, 0.15) is 11.4 Å². The van der Waals surface area contributed by atoms with Crippen LogP contribution >= 0.6 is 11.8 Å². The summed E-state index contributed by atoms with van der Waals surface area (Å²) < 4.78 is 5.08. The number of carbonyl (C=O) groups is 1. The number of hydrogen-bond donors (Lipinski definition) is 2. The van der Waals surface area contributed by atoms with Gasteiger partial charge in [0.2, 0.25) is 11.9 Å². The van der Waals surface area contributed by atoms with Gasteiger partial charge in [-0.05, 0) is 18.6 Å². The van der Waals surface area contributed by atoms with Crippen LogP contribution in [-0.4, -0.2) is 26.7 Å². The van der Waals surface area contributed by atoms with Crippen molar-refractivity contribution in [3.8, 4) is 0 Å². The second-order valence-corrected chi connectivity index (χ2v) is 5.20. The first-order chi connectivity index (χ1) is 10.0. The molecule has 7 nitrogen and oxygen atoms in total. The maximum atomic E-state index is 11.7. The topological polar surface area (TPSA) is 117 Å². The van der Waals surface area contributed by atoms with Crippen LogP contribution in [0.5, 0.6) is 0 Å². The molecule has 0 fully saturated rings. The summed E-state index contributed by atoms with van der Waals surface area (Å²) in [5, 5.41) is 0. The minimum Gasteiger partial charge on any atom is -0.457 e. The van der Waals surface area contributed by atoms with E-state index in [1.165, 1.54) is 11.8 Å². The molecular formula is C13H15N5O2S. The number of ether oxygens (including phenoxy) is 1. The van der Waals surface area contributed by atoms with Crippen molar-refractivity contribution in [2.45, 2.75) is 18.4 Å². The van der Waals surface area contributed by atoms with Crippen molar-refractivity contribution >= 4 is 29.6 Å². The Morgan fingerprint density at radius 3 is 2.52 bits per heavy atom. The van der Waals surface area contributed by atoms with Crippen LogP contribution < -0.4 is 11.5 Å². The average molecular weight is 305 g/mol. The number of anilines is 2. The molecule has 8 heteroatoms. The third-order valence-electron chi connectivity index (χ3n) is 2.52. The molecule has 2 aromatic rings. The minimum atomic E-state index is -0.360. The smallest absolute Gasteiger partial charge is 0.316 e. The van der Waals surface area contributed by atoms with Crippen LogP contribution in [0.4, 0.5) is 11.9 Å². The van der Waals surface area contributed by atoms with Crippen LogP contribution in [-0.2, 0) is 16.1 Å². The van der Waals surface area contributed by atoms with Gasteiger partial charge in [0.1, 0.15) is 0 Å². The van der Waals surface area contributed by atoms with Gasteiger partial charge in [-0.25, -0.2) is 0 Å². The number of aryl methyl sites for hydroxylation is 1. The molecule has 0 spiro atoms. The zero-order valence-electron chi connectivity index (χ0n) is 11.4. The number of aromatic nitrogens is 3. The molecule has 0 amide bonds. The zero-order chi connectivity index (χ0) is 15.2. The summed E-state index contributed by atoms with van der Waals surface area (Å²) in [7, 11) is 0. The third kappa shape index (κ3) is 4.60. The van der Waals surface area contributed by atoms with Crippen molar-refractivity contribution in [3.63, 3.8) is 0 Å². The van der Waals surface area contributed by atoms with E-state index in [-0.39, 0.29) is 36.1 Å². The van der Waals surface area contributed by atoms with Crippen LogP contribution in [0.15, 0.2) is 29.2 Å². The lowest BCUT2D eigenvalue weighted by molar-refractivity contribution is -0.141. The normalized spacial score (nSPS) is 10.3. The number of nitrogen functional groups attached to an aromatic ring is 2. The molecule has 0 bridgehead atoms. The van der Waals surface area contributed by atoms with Crippen LogP contribution in [0.25, 0.3) is 0 Å². The fourth-order valence-corrected chi connectivity index (χ4v) is 2.39. The Balaban J connectivity index is 1.84. The van der Waals surface area contributed by atoms with Gasteiger partial charge in [-0.3, -0.25) is 4.79 Å². The molecule has 0 radical (unpaired) electrons. The van der Waals surface area contributed by atoms with Crippen molar-refractivity contribution in [1.82, 2.24) is 15.0 Å². The molecular weight excluding hydrogens is 290 g/mol. The third-order valence-corrected chi connectivity index (χ3v) is 3.67. The SMILES string of the molecule is Cc1ccccc1SCC(=O)OCc1nc(N)nc(N)n1. The van der Waals surface area contributed by atoms with Crippen molar-refractivity contribution in [3.05, 3.63) is 35.7 Å². The van der Waals surface area contributed by atoms with Gasteiger partial charge < -0.3 is 16.2 Å². The monoisotopic (exact) mass is 305 g/mol. The molecule has 4 N–H and O–H groups in total. The number of benzene rings is 1. The molecule has 0 unspecified atom stereocenters. The predicted molar refractivity (Wildman–Crippen MR) is 80.4 cm³/mol. The van der Waals surface area contributed by atoms with Crippen molar-refractivity contribution in [1.29, 1.82) is 0 Å². The Morgan fingerprint density at radius 1 is 1.19 bits per heavy atom. The molecule has 21 heavy (non-hydrogen) atoms. The fourth-order valence-electron chi connectivity index (χ4n) is 1.56. The first kappa shape index (κ1) is 15.0. The molecule has 110 valence electrons. The van der Waals surface area contributed by atoms with Gasteiger partial charge in [0.05, 0.1) is 5.75 Å². The predicted octanol–water partition coefficient (Wildman–Crippen LogP) is 1.18. The van der Waals surface area contributed by atoms with E-state index in [4.69, 9.17) is 16.2 Å². The second kappa shape index (κ2) is 6.89. The highest BCUT2D eigenvalue weighted by Gasteiger charge is 2.08.